The summed E-state index contributed by atoms with van der Waals surface area (Å²) in [6, 6.07) is 8.46. The number of nitrogens with one attached hydrogen (secondary N) is 1. The second kappa shape index (κ2) is 7.49. The van der Waals surface area contributed by atoms with Crippen molar-refractivity contribution in [3.05, 3.63) is 63.5 Å². The van der Waals surface area contributed by atoms with Crippen LogP contribution in [-0.4, -0.2) is 37.1 Å². The first-order valence-corrected chi connectivity index (χ1v) is 8.14. The van der Waals surface area contributed by atoms with Gasteiger partial charge in [-0.25, -0.2) is 4.39 Å². The maximum atomic E-state index is 13.7. The fourth-order valence-corrected chi connectivity index (χ4v) is 2.85. The molecule has 0 spiro atoms. The average Bonchev–Trinajstić information content (AvgIpc) is 2.63. The summed E-state index contributed by atoms with van der Waals surface area (Å²) >= 11 is 0. The van der Waals surface area contributed by atoms with Gasteiger partial charge in [0, 0.05) is 36.1 Å². The highest BCUT2D eigenvalue weighted by Gasteiger charge is 2.20. The topological polar surface area (TPSA) is 84.7 Å². The lowest BCUT2D eigenvalue weighted by atomic mass is 10.1. The van der Waals surface area contributed by atoms with Crippen molar-refractivity contribution in [3.63, 3.8) is 0 Å². The van der Waals surface area contributed by atoms with Crippen molar-refractivity contribution < 1.29 is 18.8 Å². The highest BCUT2D eigenvalue weighted by atomic mass is 19.1. The zero-order valence-electron chi connectivity index (χ0n) is 14.2. The number of halogens is 1. The van der Waals surface area contributed by atoms with Gasteiger partial charge in [0.15, 0.2) is 0 Å². The normalized spacial score (nSPS) is 14.2. The van der Waals surface area contributed by atoms with Crippen molar-refractivity contribution >= 4 is 23.0 Å². The Morgan fingerprint density at radius 3 is 2.65 bits per heavy atom. The number of benzene rings is 2. The van der Waals surface area contributed by atoms with Crippen LogP contribution in [0.3, 0.4) is 0 Å². The number of nitro benzene ring substituents is 1. The molecule has 0 saturated carbocycles. The quantitative estimate of drug-likeness (QED) is 0.670. The number of morpholine rings is 1. The van der Waals surface area contributed by atoms with Crippen LogP contribution in [-0.2, 0) is 4.74 Å². The van der Waals surface area contributed by atoms with E-state index in [0.29, 0.717) is 37.6 Å². The van der Waals surface area contributed by atoms with E-state index in [1.54, 1.807) is 25.1 Å². The second-order valence-corrected chi connectivity index (χ2v) is 5.97. The van der Waals surface area contributed by atoms with E-state index in [-0.39, 0.29) is 16.9 Å². The molecule has 1 amide bonds. The summed E-state index contributed by atoms with van der Waals surface area (Å²) in [7, 11) is 0. The van der Waals surface area contributed by atoms with Crippen molar-refractivity contribution in [2.45, 2.75) is 6.92 Å². The van der Waals surface area contributed by atoms with Gasteiger partial charge >= 0.3 is 0 Å². The van der Waals surface area contributed by atoms with Crippen molar-refractivity contribution in [3.8, 4) is 0 Å². The first kappa shape index (κ1) is 17.8. The summed E-state index contributed by atoms with van der Waals surface area (Å²) in [5, 5.41) is 13.7. The predicted octanol–water partition coefficient (Wildman–Crippen LogP) is 3.13. The van der Waals surface area contributed by atoms with Gasteiger partial charge in [-0.3, -0.25) is 14.9 Å². The number of nitrogens with zero attached hydrogens (tertiary/aromatic N) is 2. The number of rotatable bonds is 4. The zero-order chi connectivity index (χ0) is 18.7. The minimum atomic E-state index is -0.526. The molecule has 0 radical (unpaired) electrons. The van der Waals surface area contributed by atoms with Crippen LogP contribution in [0.25, 0.3) is 0 Å². The molecule has 136 valence electrons. The standard InChI is InChI=1S/C18H18FN3O4/c1-12-2-4-14(11-17(12)22(24)25)20-18(23)15-10-13(19)3-5-16(15)21-6-8-26-9-7-21/h2-5,10-11H,6-9H2,1H3,(H,20,23). The Kier molecular flexibility index (Phi) is 5.13. The Balaban J connectivity index is 1.89. The minimum absolute atomic E-state index is 0.0876. The molecular formula is C18H18FN3O4. The fourth-order valence-electron chi connectivity index (χ4n) is 2.85. The lowest BCUT2D eigenvalue weighted by Crippen LogP contribution is -2.37. The third-order valence-electron chi connectivity index (χ3n) is 4.22. The lowest BCUT2D eigenvalue weighted by Gasteiger charge is -2.30. The number of carbonyl (C=O) groups is 1. The Labute approximate surface area is 149 Å². The van der Waals surface area contributed by atoms with E-state index in [1.165, 1.54) is 18.2 Å². The molecular weight excluding hydrogens is 341 g/mol. The molecule has 8 heteroatoms. The Morgan fingerprint density at radius 2 is 1.96 bits per heavy atom. The zero-order valence-corrected chi connectivity index (χ0v) is 14.2. The van der Waals surface area contributed by atoms with Gasteiger partial charge in [0.2, 0.25) is 0 Å². The fraction of sp³-hybridized carbons (Fsp3) is 0.278. The highest BCUT2D eigenvalue weighted by molar-refractivity contribution is 6.08. The average molecular weight is 359 g/mol. The Morgan fingerprint density at radius 1 is 1.23 bits per heavy atom. The van der Waals surface area contributed by atoms with E-state index in [2.05, 4.69) is 5.32 Å². The van der Waals surface area contributed by atoms with Gasteiger partial charge in [-0.05, 0) is 31.2 Å². The molecule has 0 bridgehead atoms. The molecule has 1 saturated heterocycles. The number of anilines is 2. The van der Waals surface area contributed by atoms with Gasteiger partial charge in [0.25, 0.3) is 11.6 Å². The molecule has 0 atom stereocenters. The van der Waals surface area contributed by atoms with Gasteiger partial charge in [0.1, 0.15) is 5.82 Å². The number of carbonyl (C=O) groups excluding carboxylic acids is 1. The summed E-state index contributed by atoms with van der Waals surface area (Å²) in [6.07, 6.45) is 0. The minimum Gasteiger partial charge on any atom is -0.378 e. The van der Waals surface area contributed by atoms with Crippen molar-refractivity contribution in [1.29, 1.82) is 0 Å². The van der Waals surface area contributed by atoms with Crippen LogP contribution in [0, 0.1) is 22.9 Å². The van der Waals surface area contributed by atoms with Crippen LogP contribution in [0.1, 0.15) is 15.9 Å². The largest absolute Gasteiger partial charge is 0.378 e. The van der Waals surface area contributed by atoms with Gasteiger partial charge in [-0.1, -0.05) is 6.07 Å². The molecule has 1 heterocycles. The van der Waals surface area contributed by atoms with E-state index in [1.807, 2.05) is 4.90 Å². The van der Waals surface area contributed by atoms with Crippen LogP contribution < -0.4 is 10.2 Å². The molecule has 2 aromatic carbocycles. The molecule has 1 aliphatic heterocycles. The van der Waals surface area contributed by atoms with Crippen molar-refractivity contribution in [1.82, 2.24) is 0 Å². The van der Waals surface area contributed by atoms with Gasteiger partial charge < -0.3 is 15.0 Å². The number of hydrogen-bond donors (Lipinski definition) is 1. The Hall–Kier alpha value is -3.00. The van der Waals surface area contributed by atoms with Gasteiger partial charge in [0.05, 0.1) is 23.7 Å². The molecule has 1 N–H and O–H groups in total. The van der Waals surface area contributed by atoms with Crippen LogP contribution in [0.2, 0.25) is 0 Å². The maximum Gasteiger partial charge on any atom is 0.274 e. The molecule has 3 rings (SSSR count). The molecule has 0 aromatic heterocycles. The van der Waals surface area contributed by atoms with Crippen LogP contribution >= 0.6 is 0 Å². The van der Waals surface area contributed by atoms with E-state index < -0.39 is 16.6 Å². The van der Waals surface area contributed by atoms with Crippen molar-refractivity contribution in [2.24, 2.45) is 0 Å². The predicted molar refractivity (Wildman–Crippen MR) is 95.2 cm³/mol. The molecule has 1 fully saturated rings. The summed E-state index contributed by atoms with van der Waals surface area (Å²) in [4.78, 5) is 25.2. The number of nitro groups is 1. The highest BCUT2D eigenvalue weighted by Crippen LogP contribution is 2.26. The lowest BCUT2D eigenvalue weighted by molar-refractivity contribution is -0.385. The number of ether oxygens (including phenoxy) is 1. The summed E-state index contributed by atoms with van der Waals surface area (Å²) in [5.74, 6) is -1.05. The van der Waals surface area contributed by atoms with Gasteiger partial charge in [-0.2, -0.15) is 0 Å². The second-order valence-electron chi connectivity index (χ2n) is 5.97. The molecule has 2 aromatic rings. The molecule has 26 heavy (non-hydrogen) atoms. The SMILES string of the molecule is Cc1ccc(NC(=O)c2cc(F)ccc2N2CCOCC2)cc1[N+](=O)[O-]. The molecule has 0 unspecified atom stereocenters. The molecule has 7 nitrogen and oxygen atoms in total. The van der Waals surface area contributed by atoms with E-state index in [9.17, 15) is 19.3 Å². The van der Waals surface area contributed by atoms with Crippen molar-refractivity contribution in [2.75, 3.05) is 36.5 Å². The summed E-state index contributed by atoms with van der Waals surface area (Å²) < 4.78 is 19.0. The smallest absolute Gasteiger partial charge is 0.274 e. The van der Waals surface area contributed by atoms with E-state index >= 15 is 0 Å². The molecule has 1 aliphatic rings. The molecule has 0 aliphatic carbocycles. The summed E-state index contributed by atoms with van der Waals surface area (Å²) in [5.41, 5.74) is 1.47. The third-order valence-corrected chi connectivity index (χ3v) is 4.22. The van der Waals surface area contributed by atoms with Crippen LogP contribution in [0.5, 0.6) is 0 Å². The monoisotopic (exact) mass is 359 g/mol. The Bertz CT molecular complexity index is 850. The first-order valence-electron chi connectivity index (χ1n) is 8.14. The first-order chi connectivity index (χ1) is 12.5. The van der Waals surface area contributed by atoms with Crippen LogP contribution in [0.4, 0.5) is 21.5 Å². The van der Waals surface area contributed by atoms with Crippen LogP contribution in [0.15, 0.2) is 36.4 Å². The maximum absolute atomic E-state index is 13.7. The van der Waals surface area contributed by atoms with Gasteiger partial charge in [-0.15, -0.1) is 0 Å². The van der Waals surface area contributed by atoms with E-state index in [0.717, 1.165) is 0 Å². The third kappa shape index (κ3) is 3.80. The van der Waals surface area contributed by atoms with E-state index in [4.69, 9.17) is 4.74 Å². The number of aryl methyl sites for hydroxylation is 1. The number of amides is 1. The summed E-state index contributed by atoms with van der Waals surface area (Å²) in [6.45, 7) is 3.88. The number of hydrogen-bond acceptors (Lipinski definition) is 5.